The topological polar surface area (TPSA) is 86.9 Å². The molecule has 1 amide bonds. The molecule has 3 N–H and O–H groups in total. The predicted octanol–water partition coefficient (Wildman–Crippen LogP) is 0.428. The van der Waals surface area contributed by atoms with Gasteiger partial charge in [-0.25, -0.2) is 9.80 Å². The van der Waals surface area contributed by atoms with Gasteiger partial charge < -0.3 is 10.8 Å². The first-order chi connectivity index (χ1) is 8.70. The zero-order chi connectivity index (χ0) is 13.4. The fourth-order valence-corrected chi connectivity index (χ4v) is 2.30. The average Bonchev–Trinajstić information content (AvgIpc) is 2.39. The standard InChI is InChI=1S/C12H23N3O3/c13-7-3-2-6-11(12(17)18)15(10-16)14-8-4-1-5-9-14/h10-11H,1-9,13H2,(H,17,18)/t11-/m0/s1. The van der Waals surface area contributed by atoms with Gasteiger partial charge in [0.1, 0.15) is 6.04 Å². The number of amides is 1. The lowest BCUT2D eigenvalue weighted by molar-refractivity contribution is -0.162. The maximum Gasteiger partial charge on any atom is 0.328 e. The van der Waals surface area contributed by atoms with Gasteiger partial charge in [0.05, 0.1) is 0 Å². The summed E-state index contributed by atoms with van der Waals surface area (Å²) in [7, 11) is 0. The van der Waals surface area contributed by atoms with Crippen molar-refractivity contribution in [3.05, 3.63) is 0 Å². The van der Waals surface area contributed by atoms with Crippen molar-refractivity contribution in [3.63, 3.8) is 0 Å². The van der Waals surface area contributed by atoms with Gasteiger partial charge in [0.2, 0.25) is 6.41 Å². The van der Waals surface area contributed by atoms with Gasteiger partial charge in [-0.3, -0.25) is 9.80 Å². The molecule has 104 valence electrons. The van der Waals surface area contributed by atoms with Crippen molar-refractivity contribution in [2.24, 2.45) is 5.73 Å². The third kappa shape index (κ3) is 4.27. The minimum Gasteiger partial charge on any atom is -0.480 e. The second-order valence-corrected chi connectivity index (χ2v) is 4.64. The van der Waals surface area contributed by atoms with E-state index in [-0.39, 0.29) is 0 Å². The Bertz CT molecular complexity index is 267. The number of carbonyl (C=O) groups is 2. The van der Waals surface area contributed by atoms with Crippen molar-refractivity contribution >= 4 is 12.4 Å². The molecule has 0 aliphatic carbocycles. The minimum atomic E-state index is -0.940. The molecule has 0 spiro atoms. The summed E-state index contributed by atoms with van der Waals surface area (Å²) in [5, 5.41) is 12.5. The van der Waals surface area contributed by atoms with Gasteiger partial charge in [-0.2, -0.15) is 0 Å². The molecule has 0 aromatic heterocycles. The van der Waals surface area contributed by atoms with Crippen molar-refractivity contribution < 1.29 is 14.7 Å². The van der Waals surface area contributed by atoms with E-state index in [9.17, 15) is 14.7 Å². The van der Waals surface area contributed by atoms with E-state index in [0.717, 1.165) is 45.2 Å². The number of unbranched alkanes of at least 4 members (excludes halogenated alkanes) is 1. The van der Waals surface area contributed by atoms with Crippen molar-refractivity contribution in [1.29, 1.82) is 0 Å². The lowest BCUT2D eigenvalue weighted by Gasteiger charge is -2.38. The van der Waals surface area contributed by atoms with Gasteiger partial charge in [0.25, 0.3) is 0 Å². The molecule has 18 heavy (non-hydrogen) atoms. The first kappa shape index (κ1) is 14.9. The van der Waals surface area contributed by atoms with E-state index in [0.29, 0.717) is 19.4 Å². The summed E-state index contributed by atoms with van der Waals surface area (Å²) in [5.41, 5.74) is 5.40. The average molecular weight is 257 g/mol. The van der Waals surface area contributed by atoms with Crippen LogP contribution in [0.5, 0.6) is 0 Å². The molecular formula is C12H23N3O3. The SMILES string of the molecule is NCCCC[C@@H](C(=O)O)N(C=O)N1CCCCC1. The van der Waals surface area contributed by atoms with E-state index in [1.54, 1.807) is 0 Å². The number of carbonyl (C=O) groups excluding carboxylic acids is 1. The molecule has 1 atom stereocenters. The highest BCUT2D eigenvalue weighted by atomic mass is 16.4. The largest absolute Gasteiger partial charge is 0.480 e. The van der Waals surface area contributed by atoms with Crippen LogP contribution in [0.25, 0.3) is 0 Å². The zero-order valence-electron chi connectivity index (χ0n) is 10.8. The lowest BCUT2D eigenvalue weighted by atomic mass is 10.1. The number of carboxylic acids is 1. The van der Waals surface area contributed by atoms with Gasteiger partial charge in [0.15, 0.2) is 0 Å². The normalized spacial score (nSPS) is 18.3. The molecule has 1 heterocycles. The van der Waals surface area contributed by atoms with Crippen LogP contribution in [0, 0.1) is 0 Å². The molecule has 0 saturated carbocycles. The molecule has 0 aromatic carbocycles. The fraction of sp³-hybridized carbons (Fsp3) is 0.833. The Morgan fingerprint density at radius 1 is 1.33 bits per heavy atom. The van der Waals surface area contributed by atoms with Crippen LogP contribution < -0.4 is 5.73 Å². The number of carboxylic acid groups (broad SMARTS) is 1. The Balaban J connectivity index is 2.60. The first-order valence-corrected chi connectivity index (χ1v) is 6.62. The summed E-state index contributed by atoms with van der Waals surface area (Å²) in [6.07, 6.45) is 5.80. The number of piperidine rings is 1. The molecule has 1 saturated heterocycles. The highest BCUT2D eigenvalue weighted by Crippen LogP contribution is 2.16. The van der Waals surface area contributed by atoms with E-state index < -0.39 is 12.0 Å². The monoisotopic (exact) mass is 257 g/mol. The van der Waals surface area contributed by atoms with Gasteiger partial charge in [-0.05, 0) is 38.6 Å². The van der Waals surface area contributed by atoms with E-state index in [2.05, 4.69) is 0 Å². The number of nitrogens with two attached hydrogens (primary N) is 1. The molecule has 1 aliphatic heterocycles. The van der Waals surface area contributed by atoms with Crippen LogP contribution in [0.3, 0.4) is 0 Å². The third-order valence-corrected chi connectivity index (χ3v) is 3.30. The summed E-state index contributed by atoms with van der Waals surface area (Å²) in [4.78, 5) is 22.5. The van der Waals surface area contributed by atoms with Crippen LogP contribution in [0.2, 0.25) is 0 Å². The summed E-state index contributed by atoms with van der Waals surface area (Å²) >= 11 is 0. The number of hydrogen-bond acceptors (Lipinski definition) is 4. The highest BCUT2D eigenvalue weighted by Gasteiger charge is 2.29. The lowest BCUT2D eigenvalue weighted by Crippen LogP contribution is -2.53. The van der Waals surface area contributed by atoms with Gasteiger partial charge >= 0.3 is 5.97 Å². The van der Waals surface area contributed by atoms with Crippen molar-refractivity contribution in [3.8, 4) is 0 Å². The van der Waals surface area contributed by atoms with Gasteiger partial charge in [-0.1, -0.05) is 6.42 Å². The van der Waals surface area contributed by atoms with Crippen LogP contribution in [-0.4, -0.2) is 53.2 Å². The number of hydrazine groups is 1. The summed E-state index contributed by atoms with van der Waals surface area (Å²) in [6.45, 7) is 2.08. The molecule has 1 fully saturated rings. The molecule has 1 aliphatic rings. The third-order valence-electron chi connectivity index (χ3n) is 3.30. The van der Waals surface area contributed by atoms with Crippen LogP contribution >= 0.6 is 0 Å². The van der Waals surface area contributed by atoms with Gasteiger partial charge in [0, 0.05) is 13.1 Å². The second kappa shape index (κ2) is 8.05. The summed E-state index contributed by atoms with van der Waals surface area (Å²) in [5.74, 6) is -0.940. The summed E-state index contributed by atoms with van der Waals surface area (Å²) in [6, 6.07) is -0.757. The number of nitrogens with zero attached hydrogens (tertiary/aromatic N) is 2. The Hall–Kier alpha value is -1.14. The van der Waals surface area contributed by atoms with Crippen molar-refractivity contribution in [1.82, 2.24) is 10.0 Å². The van der Waals surface area contributed by atoms with Crippen LogP contribution in [0.15, 0.2) is 0 Å². The molecule has 0 bridgehead atoms. The van der Waals surface area contributed by atoms with Crippen molar-refractivity contribution in [2.75, 3.05) is 19.6 Å². The molecule has 0 radical (unpaired) electrons. The zero-order valence-corrected chi connectivity index (χ0v) is 10.8. The first-order valence-electron chi connectivity index (χ1n) is 6.62. The Labute approximate surface area is 108 Å². The van der Waals surface area contributed by atoms with E-state index in [1.165, 1.54) is 5.01 Å². The maximum absolute atomic E-state index is 11.3. The van der Waals surface area contributed by atoms with Gasteiger partial charge in [-0.15, -0.1) is 0 Å². The smallest absolute Gasteiger partial charge is 0.328 e. The molecule has 0 aromatic rings. The van der Waals surface area contributed by atoms with E-state index in [1.807, 2.05) is 5.01 Å². The Morgan fingerprint density at radius 2 is 2.00 bits per heavy atom. The van der Waals surface area contributed by atoms with Crippen molar-refractivity contribution in [2.45, 2.75) is 44.6 Å². The van der Waals surface area contributed by atoms with Crippen LogP contribution in [0.1, 0.15) is 38.5 Å². The fourth-order valence-electron chi connectivity index (χ4n) is 2.30. The Kier molecular flexibility index (Phi) is 6.67. The predicted molar refractivity (Wildman–Crippen MR) is 67.7 cm³/mol. The summed E-state index contributed by atoms with van der Waals surface area (Å²) < 4.78 is 0. The molecule has 1 rings (SSSR count). The minimum absolute atomic E-state index is 0.460. The van der Waals surface area contributed by atoms with E-state index in [4.69, 9.17) is 5.73 Å². The molecule has 6 nitrogen and oxygen atoms in total. The second-order valence-electron chi connectivity index (χ2n) is 4.64. The number of rotatable bonds is 8. The number of aliphatic carboxylic acids is 1. The Morgan fingerprint density at radius 3 is 2.50 bits per heavy atom. The van der Waals surface area contributed by atoms with Crippen LogP contribution in [0.4, 0.5) is 0 Å². The number of hydrogen-bond donors (Lipinski definition) is 2. The molecule has 0 unspecified atom stereocenters. The maximum atomic E-state index is 11.3. The quantitative estimate of drug-likeness (QED) is 0.486. The molecular weight excluding hydrogens is 234 g/mol. The van der Waals surface area contributed by atoms with Crippen LogP contribution in [-0.2, 0) is 9.59 Å². The molecule has 6 heteroatoms. The van der Waals surface area contributed by atoms with E-state index >= 15 is 0 Å². The highest BCUT2D eigenvalue weighted by molar-refractivity contribution is 5.76.